The van der Waals surface area contributed by atoms with E-state index >= 15 is 0 Å². The zero-order valence-corrected chi connectivity index (χ0v) is 8.54. The molecule has 0 amide bonds. The fourth-order valence-electron chi connectivity index (χ4n) is 1.75. The van der Waals surface area contributed by atoms with E-state index in [1.54, 1.807) is 18.2 Å². The van der Waals surface area contributed by atoms with Crippen molar-refractivity contribution in [3.05, 3.63) is 35.4 Å². The summed E-state index contributed by atoms with van der Waals surface area (Å²) in [7, 11) is -3.27. The predicted molar refractivity (Wildman–Crippen MR) is 53.1 cm³/mol. The van der Waals surface area contributed by atoms with Gasteiger partial charge >= 0.3 is 0 Å². The first-order valence-electron chi connectivity index (χ1n) is 4.31. The summed E-state index contributed by atoms with van der Waals surface area (Å²) < 4.78 is 22.6. The quantitative estimate of drug-likeness (QED) is 0.690. The smallest absolute Gasteiger partial charge is 0.181 e. The molecule has 14 heavy (non-hydrogen) atoms. The molecule has 0 heterocycles. The van der Waals surface area contributed by atoms with E-state index in [9.17, 15) is 13.2 Å². The fraction of sp³-hybridized carbons (Fsp3) is 0.300. The number of carbonyl (C=O) groups is 1. The van der Waals surface area contributed by atoms with Crippen LogP contribution in [0, 0.1) is 0 Å². The number of hydrogen-bond donors (Lipinski definition) is 0. The normalized spacial score (nSPS) is 20.9. The van der Waals surface area contributed by atoms with Crippen molar-refractivity contribution in [2.75, 3.05) is 6.26 Å². The minimum atomic E-state index is -3.27. The van der Waals surface area contributed by atoms with Gasteiger partial charge in [-0.1, -0.05) is 24.3 Å². The Morgan fingerprint density at radius 2 is 1.93 bits per heavy atom. The van der Waals surface area contributed by atoms with Gasteiger partial charge in [-0.05, 0) is 12.0 Å². The largest absolute Gasteiger partial charge is 0.293 e. The lowest BCUT2D eigenvalue weighted by molar-refractivity contribution is 0.0998. The van der Waals surface area contributed by atoms with E-state index in [0.717, 1.165) is 11.8 Å². The molecule has 0 saturated carbocycles. The Labute approximate surface area is 82.7 Å². The number of carbonyl (C=O) groups excluding carboxylic acids is 1. The molecular formula is C10H10O3S. The first-order chi connectivity index (χ1) is 6.50. The zero-order valence-electron chi connectivity index (χ0n) is 7.73. The maximum atomic E-state index is 11.7. The van der Waals surface area contributed by atoms with Gasteiger partial charge in [-0.2, -0.15) is 0 Å². The molecule has 0 aliphatic heterocycles. The Morgan fingerprint density at radius 3 is 2.50 bits per heavy atom. The van der Waals surface area contributed by atoms with Gasteiger partial charge < -0.3 is 0 Å². The molecule has 1 unspecified atom stereocenters. The predicted octanol–water partition coefficient (Wildman–Crippen LogP) is 0.839. The Kier molecular flexibility index (Phi) is 1.96. The second-order valence-electron chi connectivity index (χ2n) is 3.54. The third-order valence-corrected chi connectivity index (χ3v) is 3.91. The molecule has 2 rings (SSSR count). The lowest BCUT2D eigenvalue weighted by Gasteiger charge is -2.03. The minimum Gasteiger partial charge on any atom is -0.293 e. The van der Waals surface area contributed by atoms with Crippen molar-refractivity contribution in [2.24, 2.45) is 0 Å². The third-order valence-electron chi connectivity index (χ3n) is 2.50. The summed E-state index contributed by atoms with van der Waals surface area (Å²) in [6.45, 7) is 0. The molecule has 0 fully saturated rings. The van der Waals surface area contributed by atoms with E-state index < -0.39 is 15.1 Å². The highest BCUT2D eigenvalue weighted by molar-refractivity contribution is 7.92. The molecule has 0 saturated heterocycles. The Morgan fingerprint density at radius 1 is 1.29 bits per heavy atom. The summed E-state index contributed by atoms with van der Waals surface area (Å²) in [6, 6.07) is 7.05. The Hall–Kier alpha value is -1.16. The van der Waals surface area contributed by atoms with Crippen LogP contribution in [0.1, 0.15) is 15.9 Å². The lowest BCUT2D eigenvalue weighted by Crippen LogP contribution is -2.26. The highest BCUT2D eigenvalue weighted by Gasteiger charge is 2.36. The molecule has 1 aromatic carbocycles. The molecular weight excluding hydrogens is 200 g/mol. The molecule has 1 atom stereocenters. The van der Waals surface area contributed by atoms with Gasteiger partial charge in [0.1, 0.15) is 5.25 Å². The number of rotatable bonds is 1. The van der Waals surface area contributed by atoms with Crippen LogP contribution in [0.5, 0.6) is 0 Å². The van der Waals surface area contributed by atoms with E-state index in [1.807, 2.05) is 6.07 Å². The monoisotopic (exact) mass is 210 g/mol. The van der Waals surface area contributed by atoms with Gasteiger partial charge in [0.2, 0.25) is 0 Å². The van der Waals surface area contributed by atoms with Gasteiger partial charge in [-0.3, -0.25) is 4.79 Å². The van der Waals surface area contributed by atoms with Gasteiger partial charge in [0.15, 0.2) is 15.6 Å². The lowest BCUT2D eigenvalue weighted by atomic mass is 10.1. The maximum Gasteiger partial charge on any atom is 0.181 e. The van der Waals surface area contributed by atoms with E-state index in [4.69, 9.17) is 0 Å². The van der Waals surface area contributed by atoms with Crippen molar-refractivity contribution >= 4 is 15.6 Å². The van der Waals surface area contributed by atoms with E-state index in [0.29, 0.717) is 12.0 Å². The van der Waals surface area contributed by atoms with Crippen LogP contribution in [0.4, 0.5) is 0 Å². The van der Waals surface area contributed by atoms with Crippen LogP contribution >= 0.6 is 0 Å². The number of ketones is 1. The Bertz CT molecular complexity index is 488. The van der Waals surface area contributed by atoms with Crippen LogP contribution in [0.15, 0.2) is 24.3 Å². The molecule has 0 radical (unpaired) electrons. The fourth-order valence-corrected chi connectivity index (χ4v) is 2.75. The highest BCUT2D eigenvalue weighted by atomic mass is 32.2. The molecule has 1 aliphatic carbocycles. The summed E-state index contributed by atoms with van der Waals surface area (Å²) in [5.74, 6) is -0.261. The van der Waals surface area contributed by atoms with Crippen LogP contribution < -0.4 is 0 Å². The molecule has 4 heteroatoms. The number of fused-ring (bicyclic) bond motifs is 1. The van der Waals surface area contributed by atoms with Crippen LogP contribution in [-0.4, -0.2) is 25.7 Å². The Balaban J connectivity index is 2.50. The van der Waals surface area contributed by atoms with Crippen LogP contribution in [0.3, 0.4) is 0 Å². The number of sulfone groups is 1. The third kappa shape index (κ3) is 1.35. The van der Waals surface area contributed by atoms with E-state index in [1.165, 1.54) is 0 Å². The molecule has 0 spiro atoms. The van der Waals surface area contributed by atoms with Crippen molar-refractivity contribution in [3.8, 4) is 0 Å². The molecule has 0 bridgehead atoms. The second kappa shape index (κ2) is 2.92. The maximum absolute atomic E-state index is 11.7. The molecule has 0 N–H and O–H groups in total. The SMILES string of the molecule is CS(=O)(=O)C1Cc2ccccc2C1=O. The highest BCUT2D eigenvalue weighted by Crippen LogP contribution is 2.25. The first kappa shape index (κ1) is 9.40. The van der Waals surface area contributed by atoms with E-state index in [-0.39, 0.29) is 5.78 Å². The van der Waals surface area contributed by atoms with Crippen LogP contribution in [-0.2, 0) is 16.3 Å². The van der Waals surface area contributed by atoms with E-state index in [2.05, 4.69) is 0 Å². The summed E-state index contributed by atoms with van der Waals surface area (Å²) in [5, 5.41) is -0.861. The van der Waals surface area contributed by atoms with Gasteiger partial charge in [-0.15, -0.1) is 0 Å². The van der Waals surface area contributed by atoms with Crippen molar-refractivity contribution < 1.29 is 13.2 Å². The molecule has 1 aromatic rings. The van der Waals surface area contributed by atoms with Gasteiger partial charge in [0.25, 0.3) is 0 Å². The van der Waals surface area contributed by atoms with Crippen molar-refractivity contribution in [1.82, 2.24) is 0 Å². The first-order valence-corrected chi connectivity index (χ1v) is 6.26. The summed E-state index contributed by atoms with van der Waals surface area (Å²) in [4.78, 5) is 11.7. The molecule has 0 aromatic heterocycles. The van der Waals surface area contributed by atoms with Crippen molar-refractivity contribution in [1.29, 1.82) is 0 Å². The molecule has 74 valence electrons. The number of benzene rings is 1. The van der Waals surface area contributed by atoms with Crippen LogP contribution in [0.2, 0.25) is 0 Å². The summed E-state index contributed by atoms with van der Waals surface area (Å²) >= 11 is 0. The van der Waals surface area contributed by atoms with Gasteiger partial charge in [0.05, 0.1) is 0 Å². The second-order valence-corrected chi connectivity index (χ2v) is 5.77. The van der Waals surface area contributed by atoms with Gasteiger partial charge in [-0.25, -0.2) is 8.42 Å². The van der Waals surface area contributed by atoms with Crippen molar-refractivity contribution in [2.45, 2.75) is 11.7 Å². The summed E-state index contributed by atoms with van der Waals surface area (Å²) in [5.41, 5.74) is 1.40. The summed E-state index contributed by atoms with van der Waals surface area (Å²) in [6.07, 6.45) is 1.44. The van der Waals surface area contributed by atoms with Crippen molar-refractivity contribution in [3.63, 3.8) is 0 Å². The molecule has 3 nitrogen and oxygen atoms in total. The molecule has 1 aliphatic rings. The average molecular weight is 210 g/mol. The topological polar surface area (TPSA) is 51.2 Å². The number of hydrogen-bond acceptors (Lipinski definition) is 3. The minimum absolute atomic E-state index is 0.261. The van der Waals surface area contributed by atoms with Gasteiger partial charge in [0, 0.05) is 11.8 Å². The number of Topliss-reactive ketones (excluding diaryl/α,β-unsaturated/α-hetero) is 1. The average Bonchev–Trinajstić information content (AvgIpc) is 2.44. The van der Waals surface area contributed by atoms with Crippen LogP contribution in [0.25, 0.3) is 0 Å². The zero-order chi connectivity index (χ0) is 10.3. The standard InChI is InChI=1S/C10H10O3S/c1-14(12,13)9-6-7-4-2-3-5-8(7)10(9)11/h2-5,9H,6H2,1H3.